The monoisotopic (exact) mass is 131 g/mol. The lowest BCUT2D eigenvalue weighted by Gasteiger charge is -2.24. The molecule has 2 heteroatoms. The number of rotatable bonds is 0. The molecular weight excluding hydrogens is 117 g/mol. The van der Waals surface area contributed by atoms with Crippen LogP contribution in [0.2, 0.25) is 0 Å². The van der Waals surface area contributed by atoms with E-state index in [0.717, 1.165) is 0 Å². The molecule has 3 atom stereocenters. The van der Waals surface area contributed by atoms with E-state index < -0.39 is 0 Å². The molecular formula is C6H14NP. The van der Waals surface area contributed by atoms with Crippen LogP contribution in [0.4, 0.5) is 0 Å². The fraction of sp³-hybridized carbons (Fsp3) is 1.00. The fourth-order valence-corrected chi connectivity index (χ4v) is 1.62. The summed E-state index contributed by atoms with van der Waals surface area (Å²) in [5.74, 6) is 0. The van der Waals surface area contributed by atoms with Crippen molar-refractivity contribution >= 4 is 9.24 Å². The van der Waals surface area contributed by atoms with Crippen LogP contribution in [-0.2, 0) is 0 Å². The Morgan fingerprint density at radius 1 is 1.25 bits per heavy atom. The quantitative estimate of drug-likeness (QED) is 0.490. The van der Waals surface area contributed by atoms with Crippen molar-refractivity contribution in [2.45, 2.75) is 37.4 Å². The predicted octanol–water partition coefficient (Wildman–Crippen LogP) is 1.13. The second-order valence-electron chi connectivity index (χ2n) is 2.61. The van der Waals surface area contributed by atoms with Gasteiger partial charge in [0.15, 0.2) is 0 Å². The molecule has 0 aromatic carbocycles. The van der Waals surface area contributed by atoms with E-state index in [-0.39, 0.29) is 0 Å². The Labute approximate surface area is 53.2 Å². The highest BCUT2D eigenvalue weighted by Crippen LogP contribution is 2.22. The van der Waals surface area contributed by atoms with E-state index >= 15 is 0 Å². The average Bonchev–Trinajstić information content (AvgIpc) is 1.77. The molecule has 1 aliphatic carbocycles. The SMILES string of the molecule is NC1CCCCC1P. The lowest BCUT2D eigenvalue weighted by molar-refractivity contribution is 0.453. The highest BCUT2D eigenvalue weighted by Gasteiger charge is 2.16. The summed E-state index contributed by atoms with van der Waals surface area (Å²) in [6.45, 7) is 0. The van der Waals surface area contributed by atoms with Gasteiger partial charge < -0.3 is 5.73 Å². The van der Waals surface area contributed by atoms with Crippen LogP contribution >= 0.6 is 9.24 Å². The van der Waals surface area contributed by atoms with Gasteiger partial charge in [0.2, 0.25) is 0 Å². The zero-order valence-corrected chi connectivity index (χ0v) is 6.29. The van der Waals surface area contributed by atoms with Crippen molar-refractivity contribution in [3.05, 3.63) is 0 Å². The van der Waals surface area contributed by atoms with E-state index in [1.54, 1.807) is 0 Å². The van der Waals surface area contributed by atoms with E-state index in [9.17, 15) is 0 Å². The van der Waals surface area contributed by atoms with Crippen LogP contribution in [-0.4, -0.2) is 11.7 Å². The van der Waals surface area contributed by atoms with Gasteiger partial charge >= 0.3 is 0 Å². The minimum atomic E-state index is 0.466. The minimum absolute atomic E-state index is 0.466. The molecule has 48 valence electrons. The number of hydrogen-bond acceptors (Lipinski definition) is 1. The molecule has 0 aliphatic heterocycles. The number of nitrogens with two attached hydrogens (primary N) is 1. The largest absolute Gasteiger partial charge is 0.327 e. The summed E-state index contributed by atoms with van der Waals surface area (Å²) >= 11 is 0. The zero-order chi connectivity index (χ0) is 5.98. The van der Waals surface area contributed by atoms with E-state index in [1.807, 2.05) is 0 Å². The fourth-order valence-electron chi connectivity index (χ4n) is 1.19. The van der Waals surface area contributed by atoms with Gasteiger partial charge in [0.25, 0.3) is 0 Å². The molecule has 0 radical (unpaired) electrons. The summed E-state index contributed by atoms with van der Waals surface area (Å²) < 4.78 is 0. The molecule has 3 unspecified atom stereocenters. The topological polar surface area (TPSA) is 26.0 Å². The Kier molecular flexibility index (Phi) is 2.27. The Morgan fingerprint density at radius 2 is 1.88 bits per heavy atom. The first-order valence-corrected chi connectivity index (χ1v) is 3.98. The first-order chi connectivity index (χ1) is 3.80. The molecule has 0 heterocycles. The summed E-state index contributed by atoms with van der Waals surface area (Å²) in [7, 11) is 2.82. The first kappa shape index (κ1) is 6.51. The van der Waals surface area contributed by atoms with Gasteiger partial charge in [-0.25, -0.2) is 0 Å². The van der Waals surface area contributed by atoms with Gasteiger partial charge in [-0.2, -0.15) is 0 Å². The van der Waals surface area contributed by atoms with Crippen LogP contribution in [0.25, 0.3) is 0 Å². The maximum Gasteiger partial charge on any atom is 0.0102 e. The third kappa shape index (κ3) is 1.43. The van der Waals surface area contributed by atoms with Crippen molar-refractivity contribution in [3.63, 3.8) is 0 Å². The summed E-state index contributed by atoms with van der Waals surface area (Å²) in [4.78, 5) is 0. The van der Waals surface area contributed by atoms with Crippen LogP contribution in [0.3, 0.4) is 0 Å². The van der Waals surface area contributed by atoms with Crippen molar-refractivity contribution < 1.29 is 0 Å². The molecule has 8 heavy (non-hydrogen) atoms. The molecule has 0 aromatic rings. The van der Waals surface area contributed by atoms with E-state index in [0.29, 0.717) is 11.7 Å². The molecule has 0 spiro atoms. The third-order valence-corrected chi connectivity index (χ3v) is 2.70. The van der Waals surface area contributed by atoms with Gasteiger partial charge in [0.05, 0.1) is 0 Å². The van der Waals surface area contributed by atoms with Gasteiger partial charge in [-0.05, 0) is 18.5 Å². The summed E-state index contributed by atoms with van der Waals surface area (Å²) in [5.41, 5.74) is 6.46. The molecule has 0 bridgehead atoms. The third-order valence-electron chi connectivity index (χ3n) is 1.87. The Bertz CT molecular complexity index is 64.9. The summed E-state index contributed by atoms with van der Waals surface area (Å²) in [6.07, 6.45) is 5.26. The van der Waals surface area contributed by atoms with Crippen molar-refractivity contribution in [3.8, 4) is 0 Å². The van der Waals surface area contributed by atoms with Crippen molar-refractivity contribution in [1.29, 1.82) is 0 Å². The Hall–Kier alpha value is 0.390. The van der Waals surface area contributed by atoms with Crippen molar-refractivity contribution in [1.82, 2.24) is 0 Å². The second kappa shape index (κ2) is 2.80. The molecule has 0 aromatic heterocycles. The highest BCUT2D eigenvalue weighted by molar-refractivity contribution is 7.17. The summed E-state index contributed by atoms with van der Waals surface area (Å²) in [5, 5.41) is 0. The van der Waals surface area contributed by atoms with Crippen molar-refractivity contribution in [2.24, 2.45) is 5.73 Å². The lowest BCUT2D eigenvalue weighted by Crippen LogP contribution is -2.33. The van der Waals surface area contributed by atoms with Crippen LogP contribution in [0.5, 0.6) is 0 Å². The lowest BCUT2D eigenvalue weighted by atomic mass is 9.96. The highest BCUT2D eigenvalue weighted by atomic mass is 31.0. The molecule has 1 aliphatic rings. The molecule has 1 saturated carbocycles. The zero-order valence-electron chi connectivity index (χ0n) is 5.14. The van der Waals surface area contributed by atoms with Crippen LogP contribution in [0.15, 0.2) is 0 Å². The molecule has 0 amide bonds. The molecule has 1 fully saturated rings. The van der Waals surface area contributed by atoms with Gasteiger partial charge in [0.1, 0.15) is 0 Å². The van der Waals surface area contributed by atoms with E-state index in [2.05, 4.69) is 9.24 Å². The molecule has 2 N–H and O–H groups in total. The summed E-state index contributed by atoms with van der Waals surface area (Å²) in [6, 6.07) is 0.466. The predicted molar refractivity (Wildman–Crippen MR) is 39.9 cm³/mol. The maximum absolute atomic E-state index is 5.76. The van der Waals surface area contributed by atoms with Crippen LogP contribution in [0.1, 0.15) is 25.7 Å². The number of hydrogen-bond donors (Lipinski definition) is 1. The van der Waals surface area contributed by atoms with Gasteiger partial charge in [-0.3, -0.25) is 0 Å². The standard InChI is InChI=1S/C6H14NP/c7-5-3-1-2-4-6(5)8/h5-6H,1-4,7-8H2. The smallest absolute Gasteiger partial charge is 0.0102 e. The molecule has 1 nitrogen and oxygen atoms in total. The normalized spacial score (nSPS) is 39.8. The average molecular weight is 131 g/mol. The van der Waals surface area contributed by atoms with Gasteiger partial charge in [0, 0.05) is 6.04 Å². The first-order valence-electron chi connectivity index (χ1n) is 3.32. The Balaban J connectivity index is 2.28. The second-order valence-corrected chi connectivity index (χ2v) is 3.47. The maximum atomic E-state index is 5.76. The van der Waals surface area contributed by atoms with Gasteiger partial charge in [-0.1, -0.05) is 12.8 Å². The molecule has 0 saturated heterocycles. The van der Waals surface area contributed by atoms with E-state index in [4.69, 9.17) is 5.73 Å². The minimum Gasteiger partial charge on any atom is -0.327 e. The van der Waals surface area contributed by atoms with Crippen LogP contribution < -0.4 is 5.73 Å². The van der Waals surface area contributed by atoms with Crippen molar-refractivity contribution in [2.75, 3.05) is 0 Å². The van der Waals surface area contributed by atoms with Gasteiger partial charge in [-0.15, -0.1) is 9.24 Å². The molecule has 1 rings (SSSR count). The Morgan fingerprint density at radius 3 is 2.25 bits per heavy atom. The van der Waals surface area contributed by atoms with E-state index in [1.165, 1.54) is 25.7 Å². The van der Waals surface area contributed by atoms with Crippen LogP contribution in [0, 0.1) is 0 Å².